The molecule has 1 saturated heterocycles. The van der Waals surface area contributed by atoms with Crippen LogP contribution < -0.4 is 20.5 Å². The molecule has 1 amide bonds. The second-order valence-corrected chi connectivity index (χ2v) is 9.30. The molecule has 4 rings (SSSR count). The Bertz CT molecular complexity index is 1260. The Morgan fingerprint density at radius 1 is 1.15 bits per heavy atom. The summed E-state index contributed by atoms with van der Waals surface area (Å²) in [5.74, 6) is 0.596. The van der Waals surface area contributed by atoms with Crippen molar-refractivity contribution in [2.75, 3.05) is 43.5 Å². The standard InChI is InChI=1S/C23H27ClN6O4/c1-23(2,3)34-22(32)30-9-7-29(8-10-30)14-5-6-15(18(11-14)33-4)26-16-12-19(24)27-17-13-25-28-21(31)20(16)17/h5-6,11-13H,7-10H2,1-4H3,(H,26,27)(H,28,31). The fourth-order valence-corrected chi connectivity index (χ4v) is 3.97. The molecule has 0 bridgehead atoms. The average molecular weight is 487 g/mol. The summed E-state index contributed by atoms with van der Waals surface area (Å²) in [7, 11) is 1.58. The Kier molecular flexibility index (Phi) is 6.52. The van der Waals surface area contributed by atoms with Crippen LogP contribution in [0.1, 0.15) is 20.8 Å². The van der Waals surface area contributed by atoms with Gasteiger partial charge in [0.1, 0.15) is 16.5 Å². The lowest BCUT2D eigenvalue weighted by molar-refractivity contribution is 0.0240. The van der Waals surface area contributed by atoms with Crippen molar-refractivity contribution in [2.24, 2.45) is 0 Å². The maximum atomic E-state index is 12.4. The molecule has 3 heterocycles. The zero-order valence-corrected chi connectivity index (χ0v) is 20.3. The Hall–Kier alpha value is -3.53. The lowest BCUT2D eigenvalue weighted by Gasteiger charge is -2.37. The van der Waals surface area contributed by atoms with Gasteiger partial charge in [0.05, 0.1) is 35.6 Å². The minimum atomic E-state index is -0.518. The highest BCUT2D eigenvalue weighted by atomic mass is 35.5. The third kappa shape index (κ3) is 5.17. The number of H-pyrrole nitrogens is 1. The van der Waals surface area contributed by atoms with E-state index in [1.54, 1.807) is 18.1 Å². The highest BCUT2D eigenvalue weighted by Crippen LogP contribution is 2.34. The Morgan fingerprint density at radius 2 is 1.88 bits per heavy atom. The highest BCUT2D eigenvalue weighted by molar-refractivity contribution is 6.30. The van der Waals surface area contributed by atoms with Crippen molar-refractivity contribution in [3.8, 4) is 5.75 Å². The number of pyridine rings is 1. The fourth-order valence-electron chi connectivity index (χ4n) is 3.77. The van der Waals surface area contributed by atoms with Gasteiger partial charge in [-0.15, -0.1) is 0 Å². The summed E-state index contributed by atoms with van der Waals surface area (Å²) in [5, 5.41) is 10.0. The van der Waals surface area contributed by atoms with Crippen molar-refractivity contribution in [1.29, 1.82) is 0 Å². The van der Waals surface area contributed by atoms with Gasteiger partial charge in [0, 0.05) is 37.9 Å². The molecule has 180 valence electrons. The molecule has 34 heavy (non-hydrogen) atoms. The lowest BCUT2D eigenvalue weighted by atomic mass is 10.2. The molecule has 1 aromatic carbocycles. The smallest absolute Gasteiger partial charge is 0.410 e. The maximum Gasteiger partial charge on any atom is 0.410 e. The van der Waals surface area contributed by atoms with Gasteiger partial charge in [-0.2, -0.15) is 5.10 Å². The van der Waals surface area contributed by atoms with Gasteiger partial charge in [-0.05, 0) is 39.0 Å². The second-order valence-electron chi connectivity index (χ2n) is 8.92. The minimum absolute atomic E-state index is 0.237. The molecular weight excluding hydrogens is 460 g/mol. The number of piperazine rings is 1. The number of carbonyl (C=O) groups is 1. The molecule has 11 heteroatoms. The number of aromatic amines is 1. The summed E-state index contributed by atoms with van der Waals surface area (Å²) in [4.78, 5) is 32.7. The number of anilines is 3. The monoisotopic (exact) mass is 486 g/mol. The molecule has 0 spiro atoms. The van der Waals surface area contributed by atoms with Crippen molar-refractivity contribution in [3.63, 3.8) is 0 Å². The average Bonchev–Trinajstić information content (AvgIpc) is 2.78. The molecular formula is C23H27ClN6O4. The third-order valence-electron chi connectivity index (χ3n) is 5.35. The number of fused-ring (bicyclic) bond motifs is 1. The van der Waals surface area contributed by atoms with Crippen LogP contribution in [0.25, 0.3) is 10.9 Å². The summed E-state index contributed by atoms with van der Waals surface area (Å²) in [6, 6.07) is 7.35. The first-order valence-electron chi connectivity index (χ1n) is 10.9. The molecule has 0 unspecified atom stereocenters. The number of ether oxygens (including phenoxy) is 2. The molecule has 10 nitrogen and oxygen atoms in total. The number of benzene rings is 1. The normalized spacial score (nSPS) is 14.3. The van der Waals surface area contributed by atoms with Gasteiger partial charge in [0.25, 0.3) is 5.56 Å². The summed E-state index contributed by atoms with van der Waals surface area (Å²) < 4.78 is 11.1. The number of hydrogen-bond donors (Lipinski definition) is 2. The Balaban J connectivity index is 1.52. The van der Waals surface area contributed by atoms with Gasteiger partial charge < -0.3 is 24.6 Å². The van der Waals surface area contributed by atoms with Gasteiger partial charge in [-0.1, -0.05) is 11.6 Å². The summed E-state index contributed by atoms with van der Waals surface area (Å²) >= 11 is 6.15. The summed E-state index contributed by atoms with van der Waals surface area (Å²) in [6.45, 7) is 8.05. The van der Waals surface area contributed by atoms with Crippen LogP contribution in [0.2, 0.25) is 5.15 Å². The number of methoxy groups -OCH3 is 1. The van der Waals surface area contributed by atoms with Crippen molar-refractivity contribution in [1.82, 2.24) is 20.1 Å². The maximum absolute atomic E-state index is 12.4. The van der Waals surface area contributed by atoms with Crippen LogP contribution in [0.4, 0.5) is 21.9 Å². The SMILES string of the molecule is COc1cc(N2CCN(C(=O)OC(C)(C)C)CC2)ccc1Nc1cc(Cl)nc2cn[nH]c(=O)c12. The molecule has 2 N–H and O–H groups in total. The van der Waals surface area contributed by atoms with E-state index < -0.39 is 5.60 Å². The first-order chi connectivity index (χ1) is 16.1. The van der Waals surface area contributed by atoms with Crippen LogP contribution in [0, 0.1) is 0 Å². The van der Waals surface area contributed by atoms with Crippen LogP contribution in [-0.4, -0.2) is 65.1 Å². The summed E-state index contributed by atoms with van der Waals surface area (Å²) in [5.41, 5.74) is 1.62. The van der Waals surface area contributed by atoms with Crippen LogP contribution >= 0.6 is 11.6 Å². The van der Waals surface area contributed by atoms with Crippen LogP contribution in [0.3, 0.4) is 0 Å². The number of nitrogens with one attached hydrogen (secondary N) is 2. The highest BCUT2D eigenvalue weighted by Gasteiger charge is 2.26. The zero-order chi connectivity index (χ0) is 24.5. The van der Waals surface area contributed by atoms with Gasteiger partial charge in [0.15, 0.2) is 0 Å². The Labute approximate surface area is 201 Å². The number of carbonyl (C=O) groups excluding carboxylic acids is 1. The van der Waals surface area contributed by atoms with Crippen molar-refractivity contribution >= 4 is 45.7 Å². The molecule has 0 saturated carbocycles. The van der Waals surface area contributed by atoms with Gasteiger partial charge in [0.2, 0.25) is 0 Å². The molecule has 1 aliphatic rings. The molecule has 0 aliphatic carbocycles. The van der Waals surface area contributed by atoms with E-state index in [1.165, 1.54) is 6.20 Å². The first kappa shape index (κ1) is 23.6. The number of rotatable bonds is 4. The predicted molar refractivity (Wildman–Crippen MR) is 131 cm³/mol. The van der Waals surface area contributed by atoms with E-state index >= 15 is 0 Å². The fraction of sp³-hybridized carbons (Fsp3) is 0.391. The van der Waals surface area contributed by atoms with E-state index in [9.17, 15) is 9.59 Å². The molecule has 1 aliphatic heterocycles. The van der Waals surface area contributed by atoms with E-state index in [0.717, 1.165) is 5.69 Å². The quantitative estimate of drug-likeness (QED) is 0.536. The van der Waals surface area contributed by atoms with E-state index in [0.29, 0.717) is 54.2 Å². The van der Waals surface area contributed by atoms with Crippen LogP contribution in [-0.2, 0) is 4.74 Å². The molecule has 2 aromatic heterocycles. The molecule has 1 fully saturated rings. The van der Waals surface area contributed by atoms with Gasteiger partial charge >= 0.3 is 6.09 Å². The third-order valence-corrected chi connectivity index (χ3v) is 5.54. The number of nitrogens with zero attached hydrogens (tertiary/aromatic N) is 4. The minimum Gasteiger partial charge on any atom is -0.494 e. The molecule has 0 atom stereocenters. The number of hydrogen-bond acceptors (Lipinski definition) is 8. The second kappa shape index (κ2) is 9.38. The topological polar surface area (TPSA) is 113 Å². The van der Waals surface area contributed by atoms with Gasteiger partial charge in [-0.3, -0.25) is 4.79 Å². The Morgan fingerprint density at radius 3 is 2.56 bits per heavy atom. The first-order valence-corrected chi connectivity index (χ1v) is 11.2. The van der Waals surface area contributed by atoms with Gasteiger partial charge in [-0.25, -0.2) is 14.9 Å². The van der Waals surface area contributed by atoms with Crippen molar-refractivity contribution in [2.45, 2.75) is 26.4 Å². The molecule has 3 aromatic rings. The number of aromatic nitrogens is 3. The number of amides is 1. The van der Waals surface area contributed by atoms with E-state index in [2.05, 4.69) is 25.4 Å². The van der Waals surface area contributed by atoms with E-state index in [1.807, 2.05) is 39.0 Å². The summed E-state index contributed by atoms with van der Waals surface area (Å²) in [6.07, 6.45) is 1.16. The van der Waals surface area contributed by atoms with Crippen molar-refractivity contribution in [3.05, 3.63) is 46.0 Å². The zero-order valence-electron chi connectivity index (χ0n) is 19.5. The van der Waals surface area contributed by atoms with Crippen LogP contribution in [0.15, 0.2) is 35.3 Å². The van der Waals surface area contributed by atoms with E-state index in [4.69, 9.17) is 21.1 Å². The lowest BCUT2D eigenvalue weighted by Crippen LogP contribution is -2.50. The van der Waals surface area contributed by atoms with E-state index in [-0.39, 0.29) is 16.8 Å². The molecule has 0 radical (unpaired) electrons. The van der Waals surface area contributed by atoms with Crippen LogP contribution in [0.5, 0.6) is 5.75 Å². The predicted octanol–water partition coefficient (Wildman–Crippen LogP) is 3.78. The number of halogens is 1. The van der Waals surface area contributed by atoms with Crippen molar-refractivity contribution < 1.29 is 14.3 Å². The largest absolute Gasteiger partial charge is 0.494 e.